The van der Waals surface area contributed by atoms with Gasteiger partial charge in [0.1, 0.15) is 0 Å². The van der Waals surface area contributed by atoms with E-state index in [9.17, 15) is 19.5 Å². The highest BCUT2D eigenvalue weighted by Gasteiger charge is 2.34. The highest BCUT2D eigenvalue weighted by Crippen LogP contribution is 2.36. The number of likely N-dealkylation sites (tertiary alicyclic amines) is 1. The molecule has 0 bridgehead atoms. The molecule has 1 heterocycles. The third-order valence-corrected chi connectivity index (χ3v) is 9.09. The maximum Gasteiger partial charge on any atom is 0.406 e. The first-order valence-electron chi connectivity index (χ1n) is 16.2. The van der Waals surface area contributed by atoms with Crippen molar-refractivity contribution in [3.63, 3.8) is 0 Å². The Kier molecular flexibility index (Phi) is 15.6. The maximum atomic E-state index is 13.8. The molecule has 1 aliphatic heterocycles. The van der Waals surface area contributed by atoms with Gasteiger partial charge in [0, 0.05) is 43.5 Å². The summed E-state index contributed by atoms with van der Waals surface area (Å²) >= 11 is 6.32. The number of carbonyl (C=O) groups excluding carboxylic acids is 3. The number of nitrogens with one attached hydrogen (secondary N) is 2. The number of nitrogens with zero attached hydrogens (tertiary/aromatic N) is 1. The van der Waals surface area contributed by atoms with Gasteiger partial charge in [-0.15, -0.1) is 0 Å². The van der Waals surface area contributed by atoms with Crippen LogP contribution in [0.2, 0.25) is 5.02 Å². The molecule has 1 saturated heterocycles. The lowest BCUT2D eigenvalue weighted by Gasteiger charge is -2.38. The molecule has 0 unspecified atom stereocenters. The van der Waals surface area contributed by atoms with Crippen LogP contribution in [0.5, 0.6) is 0 Å². The van der Waals surface area contributed by atoms with E-state index in [1.54, 1.807) is 0 Å². The Bertz CT molecular complexity index is 1000. The Balaban J connectivity index is 1.67. The van der Waals surface area contributed by atoms with Gasteiger partial charge in [-0.25, -0.2) is 4.79 Å². The number of alkyl carbamates (subject to hydrolysis) is 1. The van der Waals surface area contributed by atoms with E-state index in [0.717, 1.165) is 50.5 Å². The summed E-state index contributed by atoms with van der Waals surface area (Å²) in [5.74, 6) is 0.145. The van der Waals surface area contributed by atoms with Gasteiger partial charge in [-0.2, -0.15) is 0 Å². The van der Waals surface area contributed by atoms with Crippen LogP contribution in [0.15, 0.2) is 24.3 Å². The van der Waals surface area contributed by atoms with E-state index in [4.69, 9.17) is 16.3 Å². The normalized spacial score (nSPS) is 19.7. The van der Waals surface area contributed by atoms with Gasteiger partial charge in [0.25, 0.3) is 0 Å². The molecule has 43 heavy (non-hydrogen) atoms. The van der Waals surface area contributed by atoms with E-state index >= 15 is 0 Å². The molecule has 9 nitrogen and oxygen atoms in total. The van der Waals surface area contributed by atoms with Crippen molar-refractivity contribution in [1.29, 1.82) is 0 Å². The van der Waals surface area contributed by atoms with Crippen LogP contribution in [0.1, 0.15) is 95.6 Å². The van der Waals surface area contributed by atoms with Crippen LogP contribution in [0.4, 0.5) is 4.79 Å². The van der Waals surface area contributed by atoms with E-state index in [1.807, 2.05) is 29.2 Å². The number of aliphatic hydroxyl groups is 1. The first kappa shape index (κ1) is 35.1. The van der Waals surface area contributed by atoms with Gasteiger partial charge in [-0.3, -0.25) is 9.59 Å². The summed E-state index contributed by atoms with van der Waals surface area (Å²) in [5, 5.41) is 17.4. The third-order valence-electron chi connectivity index (χ3n) is 8.86. The van der Waals surface area contributed by atoms with Gasteiger partial charge in [-0.1, -0.05) is 69.2 Å². The second-order valence-corrected chi connectivity index (χ2v) is 12.6. The van der Waals surface area contributed by atoms with Crippen molar-refractivity contribution in [2.45, 2.75) is 96.2 Å². The van der Waals surface area contributed by atoms with Crippen LogP contribution < -0.4 is 10.6 Å². The summed E-state index contributed by atoms with van der Waals surface area (Å²) < 4.78 is 10.9. The second-order valence-electron chi connectivity index (χ2n) is 12.2. The number of hydrogen-bond acceptors (Lipinski definition) is 6. The SMILES string of the molecule is CCCCNC(=O)C[C@H](O)[C@@H](CC(=O)N1CCC[C@@H]([C@@H](OCCNC(=O)OC)c2cccc(Cl)c2)C1)CC1CCCCC1. The van der Waals surface area contributed by atoms with Crippen LogP contribution in [-0.4, -0.2) is 73.9 Å². The van der Waals surface area contributed by atoms with Crippen LogP contribution >= 0.6 is 11.6 Å². The number of unbranched alkanes of at least 4 members (excludes halogenated alkanes) is 1. The highest BCUT2D eigenvalue weighted by molar-refractivity contribution is 6.30. The number of ether oxygens (including phenoxy) is 2. The largest absolute Gasteiger partial charge is 0.453 e. The number of aliphatic hydroxyl groups excluding tert-OH is 1. The molecular formula is C33H52ClN3O6. The summed E-state index contributed by atoms with van der Waals surface area (Å²) in [6.07, 6.45) is 8.85. The minimum atomic E-state index is -0.849. The van der Waals surface area contributed by atoms with E-state index < -0.39 is 12.2 Å². The summed E-state index contributed by atoms with van der Waals surface area (Å²) in [4.78, 5) is 39.7. The minimum absolute atomic E-state index is 0.0214. The fourth-order valence-corrected chi connectivity index (χ4v) is 6.70. The van der Waals surface area contributed by atoms with Crippen molar-refractivity contribution in [3.05, 3.63) is 34.9 Å². The Morgan fingerprint density at radius 3 is 2.58 bits per heavy atom. The van der Waals surface area contributed by atoms with Gasteiger partial charge in [0.05, 0.1) is 32.3 Å². The van der Waals surface area contributed by atoms with Gasteiger partial charge >= 0.3 is 6.09 Å². The van der Waals surface area contributed by atoms with Gasteiger partial charge < -0.3 is 30.1 Å². The van der Waals surface area contributed by atoms with Gasteiger partial charge in [0.2, 0.25) is 11.8 Å². The molecule has 4 atom stereocenters. The number of benzene rings is 1. The molecule has 3 rings (SSSR count). The third kappa shape index (κ3) is 12.3. The van der Waals surface area contributed by atoms with E-state index in [1.165, 1.54) is 26.4 Å². The average Bonchev–Trinajstić information content (AvgIpc) is 3.01. The molecule has 2 aliphatic rings. The summed E-state index contributed by atoms with van der Waals surface area (Å²) in [5.41, 5.74) is 0.935. The first-order valence-corrected chi connectivity index (χ1v) is 16.6. The van der Waals surface area contributed by atoms with Gasteiger partial charge in [0.15, 0.2) is 0 Å². The molecule has 0 aromatic heterocycles. The van der Waals surface area contributed by atoms with Gasteiger partial charge in [-0.05, 0) is 55.2 Å². The molecular weight excluding hydrogens is 570 g/mol. The number of rotatable bonds is 16. The van der Waals surface area contributed by atoms with Crippen molar-refractivity contribution in [2.24, 2.45) is 17.8 Å². The smallest absolute Gasteiger partial charge is 0.406 e. The van der Waals surface area contributed by atoms with Crippen molar-refractivity contribution in [2.75, 3.05) is 39.9 Å². The molecule has 3 amide bonds. The predicted octanol–water partition coefficient (Wildman–Crippen LogP) is 5.64. The summed E-state index contributed by atoms with van der Waals surface area (Å²) in [7, 11) is 1.32. The number of methoxy groups -OCH3 is 1. The Hall–Kier alpha value is -2.36. The van der Waals surface area contributed by atoms with Crippen molar-refractivity contribution in [3.8, 4) is 0 Å². The lowest BCUT2D eigenvalue weighted by Crippen LogP contribution is -2.44. The zero-order valence-corrected chi connectivity index (χ0v) is 26.8. The number of hydrogen-bond donors (Lipinski definition) is 3. The molecule has 10 heteroatoms. The first-order chi connectivity index (χ1) is 20.8. The number of carbonyl (C=O) groups is 3. The van der Waals surface area contributed by atoms with Crippen LogP contribution in [0.25, 0.3) is 0 Å². The monoisotopic (exact) mass is 621 g/mol. The van der Waals surface area contributed by atoms with E-state index in [0.29, 0.717) is 37.1 Å². The molecule has 1 aromatic carbocycles. The molecule has 1 saturated carbocycles. The second kappa shape index (κ2) is 19.1. The summed E-state index contributed by atoms with van der Waals surface area (Å²) in [6.45, 7) is 4.45. The standard InChI is InChI=1S/C33H52ClN3O6/c1-3-4-15-35-30(39)22-29(38)27(19-24-10-6-5-7-11-24)21-31(40)37-17-9-13-26(23-37)32(25-12-8-14-28(34)20-25)43-18-16-36-33(41)42-2/h8,12,14,20,24,26-27,29,32,38H,3-7,9-11,13,15-19,21-23H2,1-2H3,(H,35,39)(H,36,41)/t26-,27-,29+,32+/m1/s1. The minimum Gasteiger partial charge on any atom is -0.453 e. The van der Waals surface area contributed by atoms with E-state index in [-0.39, 0.29) is 49.2 Å². The zero-order chi connectivity index (χ0) is 31.0. The molecule has 1 aromatic rings. The molecule has 0 spiro atoms. The summed E-state index contributed by atoms with van der Waals surface area (Å²) in [6, 6.07) is 7.58. The van der Waals surface area contributed by atoms with Crippen LogP contribution in [-0.2, 0) is 19.1 Å². The Morgan fingerprint density at radius 1 is 1.07 bits per heavy atom. The number of piperidine rings is 1. The predicted molar refractivity (Wildman–Crippen MR) is 168 cm³/mol. The Labute approximate surface area is 262 Å². The lowest BCUT2D eigenvalue weighted by molar-refractivity contribution is -0.137. The van der Waals surface area contributed by atoms with Crippen molar-refractivity contribution in [1.82, 2.24) is 15.5 Å². The van der Waals surface area contributed by atoms with Crippen LogP contribution in [0, 0.1) is 17.8 Å². The lowest BCUT2D eigenvalue weighted by atomic mass is 9.79. The molecule has 0 radical (unpaired) electrons. The van der Waals surface area contributed by atoms with Crippen LogP contribution in [0.3, 0.4) is 0 Å². The van der Waals surface area contributed by atoms with E-state index in [2.05, 4.69) is 22.3 Å². The average molecular weight is 622 g/mol. The molecule has 2 fully saturated rings. The number of halogens is 1. The molecule has 242 valence electrons. The number of amides is 3. The quantitative estimate of drug-likeness (QED) is 0.206. The van der Waals surface area contributed by atoms with Crippen molar-refractivity contribution < 1.29 is 29.0 Å². The highest BCUT2D eigenvalue weighted by atomic mass is 35.5. The van der Waals surface area contributed by atoms with Crippen molar-refractivity contribution >= 4 is 29.5 Å². The molecule has 1 aliphatic carbocycles. The fraction of sp³-hybridized carbons (Fsp3) is 0.727. The maximum absolute atomic E-state index is 13.8. The zero-order valence-electron chi connectivity index (χ0n) is 26.0. The molecule has 3 N–H and O–H groups in total. The fourth-order valence-electron chi connectivity index (χ4n) is 6.50. The Morgan fingerprint density at radius 2 is 1.86 bits per heavy atom. The topological polar surface area (TPSA) is 117 Å².